The van der Waals surface area contributed by atoms with Crippen molar-refractivity contribution >= 4 is 0 Å². The highest BCUT2D eigenvalue weighted by atomic mass is 15.1. The van der Waals surface area contributed by atoms with Gasteiger partial charge in [-0.25, -0.2) is 0 Å². The Hall–Kier alpha value is -0.0400. The Kier molecular flexibility index (Phi) is 2.89. The van der Waals surface area contributed by atoms with E-state index < -0.39 is 0 Å². The third kappa shape index (κ3) is 1.81. The molecule has 0 heterocycles. The van der Waals surface area contributed by atoms with E-state index in [0.717, 1.165) is 23.9 Å². The number of nitrogens with one attached hydrogen (secondary N) is 1. The summed E-state index contributed by atoms with van der Waals surface area (Å²) in [6.45, 7) is 14.4. The van der Waals surface area contributed by atoms with Crippen LogP contribution in [0, 0.1) is 22.7 Å². The molecule has 2 aliphatic carbocycles. The Labute approximate surface area is 101 Å². The van der Waals surface area contributed by atoms with Gasteiger partial charge in [0.05, 0.1) is 0 Å². The molecule has 0 aliphatic heterocycles. The van der Waals surface area contributed by atoms with Crippen LogP contribution in [0.3, 0.4) is 0 Å². The summed E-state index contributed by atoms with van der Waals surface area (Å²) in [6, 6.07) is 1.50. The van der Waals surface area contributed by atoms with Crippen molar-refractivity contribution in [2.24, 2.45) is 22.7 Å². The average Bonchev–Trinajstić information content (AvgIpc) is 2.54. The zero-order valence-corrected chi connectivity index (χ0v) is 11.9. The summed E-state index contributed by atoms with van der Waals surface area (Å²) in [7, 11) is 0. The van der Waals surface area contributed by atoms with E-state index in [9.17, 15) is 0 Å². The van der Waals surface area contributed by atoms with Gasteiger partial charge in [0, 0.05) is 12.1 Å². The average molecular weight is 223 g/mol. The second-order valence-corrected chi connectivity index (χ2v) is 7.51. The van der Waals surface area contributed by atoms with Crippen LogP contribution in [0.25, 0.3) is 0 Å². The predicted octanol–water partition coefficient (Wildman–Crippen LogP) is 3.84. The zero-order chi connectivity index (χ0) is 12.1. The predicted molar refractivity (Wildman–Crippen MR) is 70.5 cm³/mol. The summed E-state index contributed by atoms with van der Waals surface area (Å²) in [4.78, 5) is 0. The summed E-state index contributed by atoms with van der Waals surface area (Å²) in [5, 5.41) is 3.92. The van der Waals surface area contributed by atoms with Gasteiger partial charge in [-0.15, -0.1) is 0 Å². The van der Waals surface area contributed by atoms with E-state index in [4.69, 9.17) is 0 Å². The molecule has 2 saturated carbocycles. The van der Waals surface area contributed by atoms with Crippen molar-refractivity contribution in [1.82, 2.24) is 5.32 Å². The summed E-state index contributed by atoms with van der Waals surface area (Å²) in [6.07, 6.45) is 4.17. The van der Waals surface area contributed by atoms with Crippen molar-refractivity contribution < 1.29 is 0 Å². The van der Waals surface area contributed by atoms with Gasteiger partial charge in [-0.1, -0.05) is 41.5 Å². The van der Waals surface area contributed by atoms with Crippen molar-refractivity contribution in [1.29, 1.82) is 0 Å². The van der Waals surface area contributed by atoms with Crippen LogP contribution >= 0.6 is 0 Å². The first-order valence-electron chi connectivity index (χ1n) is 7.03. The fourth-order valence-electron chi connectivity index (χ4n) is 3.55. The lowest BCUT2D eigenvalue weighted by atomic mass is 9.79. The van der Waals surface area contributed by atoms with Gasteiger partial charge in [-0.05, 0) is 41.9 Å². The largest absolute Gasteiger partial charge is 0.310 e. The van der Waals surface area contributed by atoms with Gasteiger partial charge in [-0.2, -0.15) is 0 Å². The van der Waals surface area contributed by atoms with Crippen LogP contribution < -0.4 is 5.32 Å². The van der Waals surface area contributed by atoms with E-state index in [2.05, 4.69) is 46.9 Å². The van der Waals surface area contributed by atoms with Crippen LogP contribution in [0.5, 0.6) is 0 Å². The Morgan fingerprint density at radius 2 is 1.44 bits per heavy atom. The molecule has 0 spiro atoms. The molecule has 1 heteroatoms. The highest BCUT2D eigenvalue weighted by Gasteiger charge is 2.64. The first kappa shape index (κ1) is 12.4. The first-order valence-corrected chi connectivity index (χ1v) is 7.03. The number of hydrogen-bond acceptors (Lipinski definition) is 1. The van der Waals surface area contributed by atoms with Gasteiger partial charge < -0.3 is 5.32 Å². The molecule has 2 fully saturated rings. The van der Waals surface area contributed by atoms with Gasteiger partial charge in [-0.3, -0.25) is 0 Å². The highest BCUT2D eigenvalue weighted by molar-refractivity contribution is 5.18. The van der Waals surface area contributed by atoms with E-state index >= 15 is 0 Å². The van der Waals surface area contributed by atoms with Gasteiger partial charge in [0.15, 0.2) is 0 Å². The fourth-order valence-corrected chi connectivity index (χ4v) is 3.55. The monoisotopic (exact) mass is 223 g/mol. The van der Waals surface area contributed by atoms with Crippen molar-refractivity contribution in [3.8, 4) is 0 Å². The first-order chi connectivity index (χ1) is 7.26. The summed E-state index contributed by atoms with van der Waals surface area (Å²) in [5.74, 6) is 1.83. The Morgan fingerprint density at radius 3 is 1.88 bits per heavy atom. The molecule has 16 heavy (non-hydrogen) atoms. The van der Waals surface area contributed by atoms with E-state index in [0.29, 0.717) is 10.8 Å². The third-order valence-corrected chi connectivity index (χ3v) is 6.02. The van der Waals surface area contributed by atoms with Crippen molar-refractivity contribution in [2.45, 2.75) is 72.9 Å². The molecule has 0 radical (unpaired) electrons. The van der Waals surface area contributed by atoms with Crippen LogP contribution in [0.4, 0.5) is 0 Å². The maximum atomic E-state index is 3.92. The lowest BCUT2D eigenvalue weighted by Crippen LogP contribution is -2.39. The molecule has 0 aromatic rings. The molecule has 0 bridgehead atoms. The van der Waals surface area contributed by atoms with Crippen LogP contribution in [0.15, 0.2) is 0 Å². The van der Waals surface area contributed by atoms with Crippen LogP contribution in [0.2, 0.25) is 0 Å². The molecule has 3 atom stereocenters. The van der Waals surface area contributed by atoms with Crippen molar-refractivity contribution in [3.63, 3.8) is 0 Å². The summed E-state index contributed by atoms with van der Waals surface area (Å²) >= 11 is 0. The Morgan fingerprint density at radius 1 is 0.875 bits per heavy atom. The highest BCUT2D eigenvalue weighted by Crippen LogP contribution is 2.63. The second kappa shape index (κ2) is 3.73. The van der Waals surface area contributed by atoms with E-state index in [1.165, 1.54) is 19.3 Å². The molecule has 0 amide bonds. The maximum Gasteiger partial charge on any atom is 0.0183 e. The molecular formula is C15H29N. The molecule has 0 aromatic carbocycles. The van der Waals surface area contributed by atoms with Gasteiger partial charge in [0.1, 0.15) is 0 Å². The van der Waals surface area contributed by atoms with Crippen LogP contribution in [-0.2, 0) is 0 Å². The Balaban J connectivity index is 1.89. The minimum absolute atomic E-state index is 0.485. The summed E-state index contributed by atoms with van der Waals surface area (Å²) in [5.41, 5.74) is 0.971. The standard InChI is InChI=1S/C15H29N/c1-10-7-8-12(9-11(10)2)16-13-14(3,4)15(13,5)6/h10-13,16H,7-9H2,1-6H3. The Bertz CT molecular complexity index is 253. The minimum Gasteiger partial charge on any atom is -0.310 e. The SMILES string of the molecule is CC1CCC(NC2C(C)(C)C2(C)C)CC1C. The fraction of sp³-hybridized carbons (Fsp3) is 1.00. The molecule has 3 unspecified atom stereocenters. The molecule has 0 saturated heterocycles. The van der Waals surface area contributed by atoms with Crippen molar-refractivity contribution in [2.75, 3.05) is 0 Å². The molecule has 1 N–H and O–H groups in total. The number of hydrogen-bond donors (Lipinski definition) is 1. The van der Waals surface area contributed by atoms with Crippen LogP contribution in [0.1, 0.15) is 60.8 Å². The quantitative estimate of drug-likeness (QED) is 0.750. The third-order valence-electron chi connectivity index (χ3n) is 6.02. The second-order valence-electron chi connectivity index (χ2n) is 7.51. The van der Waals surface area contributed by atoms with E-state index in [-0.39, 0.29) is 0 Å². The molecule has 94 valence electrons. The van der Waals surface area contributed by atoms with Crippen molar-refractivity contribution in [3.05, 3.63) is 0 Å². The van der Waals surface area contributed by atoms with E-state index in [1.807, 2.05) is 0 Å². The number of rotatable bonds is 2. The summed E-state index contributed by atoms with van der Waals surface area (Å²) < 4.78 is 0. The normalized spacial score (nSPS) is 42.0. The zero-order valence-electron chi connectivity index (χ0n) is 11.9. The van der Waals surface area contributed by atoms with Gasteiger partial charge in [0.2, 0.25) is 0 Å². The smallest absolute Gasteiger partial charge is 0.0183 e. The maximum absolute atomic E-state index is 3.92. The van der Waals surface area contributed by atoms with E-state index in [1.54, 1.807) is 0 Å². The lowest BCUT2D eigenvalue weighted by Gasteiger charge is -2.33. The molecule has 2 aliphatic rings. The lowest BCUT2D eigenvalue weighted by molar-refractivity contribution is 0.220. The van der Waals surface area contributed by atoms with Gasteiger partial charge >= 0.3 is 0 Å². The molecule has 1 nitrogen and oxygen atoms in total. The van der Waals surface area contributed by atoms with Crippen LogP contribution in [-0.4, -0.2) is 12.1 Å². The molecular weight excluding hydrogens is 194 g/mol. The topological polar surface area (TPSA) is 12.0 Å². The molecule has 0 aromatic heterocycles. The van der Waals surface area contributed by atoms with Gasteiger partial charge in [0.25, 0.3) is 0 Å². The minimum atomic E-state index is 0.485. The molecule has 2 rings (SSSR count).